The lowest BCUT2D eigenvalue weighted by atomic mass is 10.3. The number of nitrogens with two attached hydrogens (primary N) is 1. The number of nitrogens with one attached hydrogen (secondary N) is 1. The number of rotatable bonds is 4. The van der Waals surface area contributed by atoms with Crippen molar-refractivity contribution >= 4 is 21.4 Å². The van der Waals surface area contributed by atoms with Gasteiger partial charge in [-0.3, -0.25) is 16.0 Å². The van der Waals surface area contributed by atoms with Crippen molar-refractivity contribution in [2.75, 3.05) is 31.7 Å². The molecule has 1 aliphatic heterocycles. The molecule has 0 saturated carbocycles. The molecule has 10 heteroatoms. The molecule has 1 heterocycles. The lowest BCUT2D eigenvalue weighted by molar-refractivity contribution is -0.384. The molecule has 21 heavy (non-hydrogen) atoms. The molecule has 0 spiro atoms. The maximum absolute atomic E-state index is 12.6. The second-order valence-electron chi connectivity index (χ2n) is 4.45. The number of hydrogen-bond acceptors (Lipinski definition) is 7. The van der Waals surface area contributed by atoms with Crippen LogP contribution in [-0.2, 0) is 14.8 Å². The molecule has 116 valence electrons. The molecule has 1 aliphatic rings. The highest BCUT2D eigenvalue weighted by Gasteiger charge is 2.28. The third-order valence-electron chi connectivity index (χ3n) is 3.13. The van der Waals surface area contributed by atoms with Gasteiger partial charge in [0.05, 0.1) is 17.2 Å². The molecule has 2 rings (SSSR count). The zero-order chi connectivity index (χ0) is 15.5. The molecule has 0 unspecified atom stereocenters. The predicted molar refractivity (Wildman–Crippen MR) is 75.1 cm³/mol. The van der Waals surface area contributed by atoms with E-state index in [0.717, 1.165) is 12.1 Å². The fraction of sp³-hybridized carbons (Fsp3) is 0.455. The van der Waals surface area contributed by atoms with Crippen LogP contribution in [0.4, 0.5) is 11.4 Å². The Hall–Kier alpha value is -1.75. The molecule has 0 amide bonds. The molecule has 0 aromatic heterocycles. The SMILES string of the molecule is NNc1cc([N+](=O)[O-])ccc1S(=O)(=O)N1CCCOCC1. The predicted octanol–water partition coefficient (Wildman–Crippen LogP) is 0.291. The van der Waals surface area contributed by atoms with E-state index in [1.807, 2.05) is 0 Å². The normalized spacial score (nSPS) is 17.2. The molecular weight excluding hydrogens is 300 g/mol. The van der Waals surface area contributed by atoms with Gasteiger partial charge in [0.1, 0.15) is 4.90 Å². The molecule has 1 aromatic carbocycles. The maximum Gasteiger partial charge on any atom is 0.271 e. The van der Waals surface area contributed by atoms with E-state index in [1.165, 1.54) is 10.4 Å². The van der Waals surface area contributed by atoms with Gasteiger partial charge in [-0.05, 0) is 12.5 Å². The number of nitrogens with zero attached hydrogens (tertiary/aromatic N) is 2. The summed E-state index contributed by atoms with van der Waals surface area (Å²) in [5.74, 6) is 5.30. The summed E-state index contributed by atoms with van der Waals surface area (Å²) >= 11 is 0. The summed E-state index contributed by atoms with van der Waals surface area (Å²) in [4.78, 5) is 10.0. The maximum atomic E-state index is 12.6. The van der Waals surface area contributed by atoms with Gasteiger partial charge >= 0.3 is 0 Å². The van der Waals surface area contributed by atoms with Crippen LogP contribution in [0, 0.1) is 10.1 Å². The van der Waals surface area contributed by atoms with E-state index in [0.29, 0.717) is 26.2 Å². The number of nitro groups is 1. The van der Waals surface area contributed by atoms with Gasteiger partial charge in [0.15, 0.2) is 0 Å². The fourth-order valence-corrected chi connectivity index (χ4v) is 3.67. The molecule has 9 nitrogen and oxygen atoms in total. The Balaban J connectivity index is 2.41. The van der Waals surface area contributed by atoms with Crippen LogP contribution in [0.25, 0.3) is 0 Å². The van der Waals surface area contributed by atoms with Gasteiger partial charge < -0.3 is 10.2 Å². The molecule has 0 bridgehead atoms. The Morgan fingerprint density at radius 2 is 2.10 bits per heavy atom. The number of hydrogen-bond donors (Lipinski definition) is 2. The van der Waals surface area contributed by atoms with E-state index in [4.69, 9.17) is 10.6 Å². The summed E-state index contributed by atoms with van der Waals surface area (Å²) in [6.07, 6.45) is 0.595. The van der Waals surface area contributed by atoms with E-state index < -0.39 is 14.9 Å². The Bertz CT molecular complexity index is 626. The average molecular weight is 316 g/mol. The molecule has 1 saturated heterocycles. The van der Waals surface area contributed by atoms with Crippen molar-refractivity contribution < 1.29 is 18.1 Å². The molecule has 0 radical (unpaired) electrons. The van der Waals surface area contributed by atoms with E-state index in [-0.39, 0.29) is 22.8 Å². The monoisotopic (exact) mass is 316 g/mol. The Morgan fingerprint density at radius 1 is 1.33 bits per heavy atom. The van der Waals surface area contributed by atoms with E-state index in [9.17, 15) is 18.5 Å². The lowest BCUT2D eigenvalue weighted by Crippen LogP contribution is -2.34. The van der Waals surface area contributed by atoms with Crippen molar-refractivity contribution in [3.05, 3.63) is 28.3 Å². The highest BCUT2D eigenvalue weighted by molar-refractivity contribution is 7.89. The quantitative estimate of drug-likeness (QED) is 0.464. The van der Waals surface area contributed by atoms with Crippen molar-refractivity contribution in [1.29, 1.82) is 0 Å². The second kappa shape index (κ2) is 6.35. The first-order valence-corrected chi connectivity index (χ1v) is 7.74. The zero-order valence-electron chi connectivity index (χ0n) is 11.2. The van der Waals surface area contributed by atoms with E-state index in [1.54, 1.807) is 0 Å². The molecule has 0 aliphatic carbocycles. The van der Waals surface area contributed by atoms with Crippen LogP contribution in [0.5, 0.6) is 0 Å². The Morgan fingerprint density at radius 3 is 2.76 bits per heavy atom. The van der Waals surface area contributed by atoms with Crippen LogP contribution in [0.1, 0.15) is 6.42 Å². The van der Waals surface area contributed by atoms with Crippen molar-refractivity contribution in [1.82, 2.24) is 4.31 Å². The minimum atomic E-state index is -3.78. The first-order valence-electron chi connectivity index (χ1n) is 6.30. The van der Waals surface area contributed by atoms with Crippen LogP contribution in [0.3, 0.4) is 0 Å². The summed E-state index contributed by atoms with van der Waals surface area (Å²) in [5, 5.41) is 10.7. The number of hydrazine groups is 1. The highest BCUT2D eigenvalue weighted by atomic mass is 32.2. The minimum absolute atomic E-state index is 0.00522. The van der Waals surface area contributed by atoms with Crippen molar-refractivity contribution in [2.24, 2.45) is 5.84 Å². The van der Waals surface area contributed by atoms with Crippen molar-refractivity contribution in [3.63, 3.8) is 0 Å². The van der Waals surface area contributed by atoms with E-state index >= 15 is 0 Å². The van der Waals surface area contributed by atoms with Crippen molar-refractivity contribution in [2.45, 2.75) is 11.3 Å². The number of benzene rings is 1. The van der Waals surface area contributed by atoms with Gasteiger partial charge in [-0.1, -0.05) is 0 Å². The first-order chi connectivity index (χ1) is 9.96. The topological polar surface area (TPSA) is 128 Å². The van der Waals surface area contributed by atoms with Gasteiger partial charge in [-0.2, -0.15) is 4.31 Å². The Kier molecular flexibility index (Phi) is 4.73. The minimum Gasteiger partial charge on any atom is -0.380 e. The van der Waals surface area contributed by atoms with E-state index in [2.05, 4.69) is 5.43 Å². The third-order valence-corrected chi connectivity index (χ3v) is 5.09. The second-order valence-corrected chi connectivity index (χ2v) is 6.36. The number of anilines is 1. The summed E-state index contributed by atoms with van der Waals surface area (Å²) in [7, 11) is -3.78. The third kappa shape index (κ3) is 3.29. The van der Waals surface area contributed by atoms with Crippen LogP contribution in [0.15, 0.2) is 23.1 Å². The number of nitrogen functional groups attached to an aromatic ring is 1. The van der Waals surface area contributed by atoms with Crippen LogP contribution < -0.4 is 11.3 Å². The fourth-order valence-electron chi connectivity index (χ4n) is 2.07. The zero-order valence-corrected chi connectivity index (χ0v) is 12.0. The summed E-state index contributed by atoms with van der Waals surface area (Å²) in [6, 6.07) is 3.43. The average Bonchev–Trinajstić information content (AvgIpc) is 2.76. The molecule has 1 fully saturated rings. The Labute approximate surface area is 121 Å². The number of ether oxygens (including phenoxy) is 1. The van der Waals surface area contributed by atoms with Gasteiger partial charge in [0.2, 0.25) is 10.0 Å². The number of non-ortho nitro benzene ring substituents is 1. The molecular formula is C11H16N4O5S. The molecule has 3 N–H and O–H groups in total. The van der Waals surface area contributed by atoms with Gasteiger partial charge in [0.25, 0.3) is 5.69 Å². The molecule has 1 aromatic rings. The van der Waals surface area contributed by atoms with Gasteiger partial charge in [-0.15, -0.1) is 0 Å². The van der Waals surface area contributed by atoms with Crippen LogP contribution >= 0.6 is 0 Å². The summed E-state index contributed by atoms with van der Waals surface area (Å²) in [6.45, 7) is 1.40. The lowest BCUT2D eigenvalue weighted by Gasteiger charge is -2.20. The molecule has 0 atom stereocenters. The summed E-state index contributed by atoms with van der Waals surface area (Å²) in [5.41, 5.74) is 1.97. The largest absolute Gasteiger partial charge is 0.380 e. The standard InChI is InChI=1S/C11H16N4O5S/c12-13-10-8-9(15(16)17)2-3-11(10)21(18,19)14-4-1-6-20-7-5-14/h2-3,8,13H,1,4-7,12H2. The van der Waals surface area contributed by atoms with Gasteiger partial charge in [-0.25, -0.2) is 8.42 Å². The van der Waals surface area contributed by atoms with Crippen LogP contribution in [-0.4, -0.2) is 43.9 Å². The van der Waals surface area contributed by atoms with Gasteiger partial charge in [0, 0.05) is 31.8 Å². The number of nitro benzene ring substituents is 1. The summed E-state index contributed by atoms with van der Waals surface area (Å²) < 4.78 is 31.7. The first kappa shape index (κ1) is 15.6. The smallest absolute Gasteiger partial charge is 0.271 e. The number of sulfonamides is 1. The highest BCUT2D eigenvalue weighted by Crippen LogP contribution is 2.28. The van der Waals surface area contributed by atoms with Crippen LogP contribution in [0.2, 0.25) is 0 Å². The van der Waals surface area contributed by atoms with Crippen molar-refractivity contribution in [3.8, 4) is 0 Å².